The van der Waals surface area contributed by atoms with Crippen molar-refractivity contribution in [2.75, 3.05) is 0 Å². The number of aryl methyl sites for hydroxylation is 1. The molecular weight excluding hydrogens is 312 g/mol. The molecule has 0 spiro atoms. The van der Waals surface area contributed by atoms with Crippen LogP contribution < -0.4 is 0 Å². The van der Waals surface area contributed by atoms with Crippen LogP contribution in [0, 0.1) is 37.1 Å². The summed E-state index contributed by atoms with van der Waals surface area (Å²) in [4.78, 5) is 23.9. The molecule has 0 saturated heterocycles. The molecule has 0 bridgehead atoms. The van der Waals surface area contributed by atoms with Crippen LogP contribution in [0.4, 0.5) is 17.6 Å². The Bertz CT molecular complexity index is 766. The number of carbonyl (C=O) groups excluding carboxylic acids is 2. The van der Waals surface area contributed by atoms with Gasteiger partial charge in [-0.3, -0.25) is 9.59 Å². The van der Waals surface area contributed by atoms with Crippen LogP contribution in [0.1, 0.15) is 38.3 Å². The highest BCUT2D eigenvalue weighted by molar-refractivity contribution is 6.13. The first-order chi connectivity index (χ1) is 10.7. The average Bonchev–Trinajstić information content (AvgIpc) is 2.51. The van der Waals surface area contributed by atoms with Crippen LogP contribution in [0.3, 0.4) is 0 Å². The van der Waals surface area contributed by atoms with Crippen molar-refractivity contribution in [3.8, 4) is 0 Å². The minimum atomic E-state index is -1.79. The maximum Gasteiger partial charge on any atom is 0.176 e. The van der Waals surface area contributed by atoms with Gasteiger partial charge >= 0.3 is 0 Å². The van der Waals surface area contributed by atoms with Gasteiger partial charge < -0.3 is 0 Å². The quantitative estimate of drug-likeness (QED) is 0.363. The zero-order chi connectivity index (χ0) is 17.3. The molecule has 6 heteroatoms. The molecule has 0 aromatic heterocycles. The van der Waals surface area contributed by atoms with E-state index < -0.39 is 52.4 Å². The molecule has 0 N–H and O–H groups in total. The monoisotopic (exact) mass is 324 g/mol. The summed E-state index contributed by atoms with van der Waals surface area (Å²) in [5.74, 6) is -8.88. The molecule has 2 aromatic carbocycles. The number of hydrogen-bond acceptors (Lipinski definition) is 2. The topological polar surface area (TPSA) is 34.1 Å². The lowest BCUT2D eigenvalue weighted by Gasteiger charge is -2.08. The van der Waals surface area contributed by atoms with Gasteiger partial charge in [0.2, 0.25) is 0 Å². The van der Waals surface area contributed by atoms with E-state index in [0.717, 1.165) is 12.5 Å². The van der Waals surface area contributed by atoms with E-state index in [1.165, 1.54) is 12.1 Å². The second kappa shape index (κ2) is 6.32. The number of ketones is 2. The highest BCUT2D eigenvalue weighted by Crippen LogP contribution is 2.25. The first-order valence-electron chi connectivity index (χ1n) is 6.69. The summed E-state index contributed by atoms with van der Waals surface area (Å²) in [6, 6.07) is 6.16. The Kier molecular flexibility index (Phi) is 4.63. The molecule has 2 rings (SSSR count). The standard InChI is InChI=1S/C17H12F4O2/c1-8-3-5-10(6-4-8)11(22)7-12(23)13-16(20)14(18)9(2)15(19)17(13)21/h3-6H,7H2,1-2H3. The summed E-state index contributed by atoms with van der Waals surface area (Å²) in [6.07, 6.45) is -0.890. The van der Waals surface area contributed by atoms with E-state index in [1.54, 1.807) is 19.1 Å². The van der Waals surface area contributed by atoms with Crippen molar-refractivity contribution in [3.63, 3.8) is 0 Å². The number of benzene rings is 2. The fourth-order valence-electron chi connectivity index (χ4n) is 2.06. The second-order valence-electron chi connectivity index (χ2n) is 5.15. The van der Waals surface area contributed by atoms with Crippen molar-refractivity contribution in [2.45, 2.75) is 20.3 Å². The molecule has 0 unspecified atom stereocenters. The third-order valence-corrected chi connectivity index (χ3v) is 3.46. The van der Waals surface area contributed by atoms with Crippen molar-refractivity contribution in [3.05, 3.63) is 69.8 Å². The van der Waals surface area contributed by atoms with Crippen molar-refractivity contribution >= 4 is 11.6 Å². The number of rotatable bonds is 4. The van der Waals surface area contributed by atoms with Gasteiger partial charge in [0.05, 0.1) is 12.0 Å². The molecule has 23 heavy (non-hydrogen) atoms. The Morgan fingerprint density at radius 1 is 0.783 bits per heavy atom. The summed E-state index contributed by atoms with van der Waals surface area (Å²) < 4.78 is 54.4. The van der Waals surface area contributed by atoms with Crippen molar-refractivity contribution in [1.29, 1.82) is 0 Å². The summed E-state index contributed by atoms with van der Waals surface area (Å²) in [7, 11) is 0. The lowest BCUT2D eigenvalue weighted by atomic mass is 9.98. The zero-order valence-corrected chi connectivity index (χ0v) is 12.3. The van der Waals surface area contributed by atoms with E-state index in [0.29, 0.717) is 0 Å². The van der Waals surface area contributed by atoms with Gasteiger partial charge in [0.1, 0.15) is 0 Å². The Morgan fingerprint density at radius 3 is 1.74 bits per heavy atom. The molecule has 2 nitrogen and oxygen atoms in total. The third-order valence-electron chi connectivity index (χ3n) is 3.46. The van der Waals surface area contributed by atoms with Gasteiger partial charge in [-0.1, -0.05) is 29.8 Å². The highest BCUT2D eigenvalue weighted by atomic mass is 19.2. The minimum Gasteiger partial charge on any atom is -0.294 e. The molecule has 0 saturated carbocycles. The Balaban J connectivity index is 2.35. The summed E-state index contributed by atoms with van der Waals surface area (Å²) in [6.45, 7) is 2.64. The molecule has 0 aliphatic carbocycles. The van der Waals surface area contributed by atoms with Crippen LogP contribution in [0.5, 0.6) is 0 Å². The average molecular weight is 324 g/mol. The summed E-state index contributed by atoms with van der Waals surface area (Å²) in [5, 5.41) is 0. The molecule has 0 aliphatic heterocycles. The molecule has 0 heterocycles. The molecule has 2 aromatic rings. The molecule has 0 fully saturated rings. The molecular formula is C17H12F4O2. The van der Waals surface area contributed by atoms with Gasteiger partial charge in [-0.25, -0.2) is 17.6 Å². The Hall–Kier alpha value is -2.50. The van der Waals surface area contributed by atoms with Crippen LogP contribution in [0.15, 0.2) is 24.3 Å². The van der Waals surface area contributed by atoms with Crippen LogP contribution in [-0.4, -0.2) is 11.6 Å². The molecule has 120 valence electrons. The van der Waals surface area contributed by atoms with Crippen molar-refractivity contribution < 1.29 is 27.2 Å². The maximum absolute atomic E-state index is 13.7. The smallest absolute Gasteiger partial charge is 0.176 e. The van der Waals surface area contributed by atoms with Crippen LogP contribution in [-0.2, 0) is 0 Å². The van der Waals surface area contributed by atoms with E-state index in [9.17, 15) is 27.2 Å². The fourth-order valence-corrected chi connectivity index (χ4v) is 2.06. The normalized spacial score (nSPS) is 10.7. The predicted molar refractivity (Wildman–Crippen MR) is 75.5 cm³/mol. The summed E-state index contributed by atoms with van der Waals surface area (Å²) >= 11 is 0. The van der Waals surface area contributed by atoms with E-state index in [4.69, 9.17) is 0 Å². The molecule has 0 amide bonds. The van der Waals surface area contributed by atoms with E-state index >= 15 is 0 Å². The van der Waals surface area contributed by atoms with Crippen LogP contribution >= 0.6 is 0 Å². The van der Waals surface area contributed by atoms with Crippen LogP contribution in [0.25, 0.3) is 0 Å². The minimum absolute atomic E-state index is 0.165. The van der Waals surface area contributed by atoms with Gasteiger partial charge in [-0.15, -0.1) is 0 Å². The molecule has 0 radical (unpaired) electrons. The highest BCUT2D eigenvalue weighted by Gasteiger charge is 2.28. The lowest BCUT2D eigenvalue weighted by molar-refractivity contribution is 0.0888. The van der Waals surface area contributed by atoms with Gasteiger partial charge in [-0.2, -0.15) is 0 Å². The molecule has 0 aliphatic rings. The Morgan fingerprint density at radius 2 is 1.26 bits per heavy atom. The number of halogens is 4. The largest absolute Gasteiger partial charge is 0.294 e. The first kappa shape index (κ1) is 16.9. The zero-order valence-electron chi connectivity index (χ0n) is 12.3. The van der Waals surface area contributed by atoms with Crippen LogP contribution in [0.2, 0.25) is 0 Å². The second-order valence-corrected chi connectivity index (χ2v) is 5.15. The number of carbonyl (C=O) groups is 2. The van der Waals surface area contributed by atoms with Crippen molar-refractivity contribution in [2.24, 2.45) is 0 Å². The van der Waals surface area contributed by atoms with E-state index in [2.05, 4.69) is 0 Å². The Labute approximate surface area is 129 Å². The lowest BCUT2D eigenvalue weighted by Crippen LogP contribution is -2.15. The van der Waals surface area contributed by atoms with Gasteiger partial charge in [0, 0.05) is 11.1 Å². The van der Waals surface area contributed by atoms with E-state index in [-0.39, 0.29) is 5.56 Å². The maximum atomic E-state index is 13.7. The number of Topliss-reactive ketones (excluding diaryl/α,β-unsaturated/α-hetero) is 2. The third kappa shape index (κ3) is 3.16. The first-order valence-corrected chi connectivity index (χ1v) is 6.69. The molecule has 0 atom stereocenters. The van der Waals surface area contributed by atoms with E-state index in [1.807, 2.05) is 0 Å². The van der Waals surface area contributed by atoms with Gasteiger partial charge in [0.25, 0.3) is 0 Å². The van der Waals surface area contributed by atoms with Gasteiger partial charge in [-0.05, 0) is 13.8 Å². The van der Waals surface area contributed by atoms with Crippen molar-refractivity contribution in [1.82, 2.24) is 0 Å². The fraction of sp³-hybridized carbons (Fsp3) is 0.176. The number of hydrogen-bond donors (Lipinski definition) is 0. The SMILES string of the molecule is Cc1ccc(C(=O)CC(=O)c2c(F)c(F)c(C)c(F)c2F)cc1. The summed E-state index contributed by atoms with van der Waals surface area (Å²) in [5.41, 5.74) is -1.18. The predicted octanol–water partition coefficient (Wildman–Crippen LogP) is 4.32. The van der Waals surface area contributed by atoms with Gasteiger partial charge in [0.15, 0.2) is 34.8 Å².